The molecule has 0 fully saturated rings. The van der Waals surface area contributed by atoms with Crippen molar-refractivity contribution in [1.29, 1.82) is 0 Å². The van der Waals surface area contributed by atoms with Gasteiger partial charge in [-0.05, 0) is 80.5 Å². The quantitative estimate of drug-likeness (QED) is 0.644. The number of rotatable bonds is 2. The molecule has 18 heavy (non-hydrogen) atoms. The minimum atomic E-state index is 0.00674. The summed E-state index contributed by atoms with van der Waals surface area (Å²) in [7, 11) is 0. The summed E-state index contributed by atoms with van der Waals surface area (Å²) in [6.07, 6.45) is 1.06. The van der Waals surface area contributed by atoms with Crippen molar-refractivity contribution < 1.29 is 0 Å². The Morgan fingerprint density at radius 1 is 0.778 bits per heavy atom. The fraction of sp³-hybridized carbons (Fsp3) is 0.444. The predicted molar refractivity (Wildman–Crippen MR) is 77.8 cm³/mol. The second-order valence-corrected chi connectivity index (χ2v) is 4.86. The molecule has 0 heterocycles. The van der Waals surface area contributed by atoms with Crippen molar-refractivity contribution in [3.05, 3.63) is 0 Å². The minimum absolute atomic E-state index is 0.00674. The summed E-state index contributed by atoms with van der Waals surface area (Å²) in [6.45, 7) is 10.4. The minimum Gasteiger partial charge on any atom is -0.0925 e. The van der Waals surface area contributed by atoms with Crippen molar-refractivity contribution in [3.63, 3.8) is 0 Å². The maximum atomic E-state index is 3.15. The van der Waals surface area contributed by atoms with Crippen LogP contribution in [0.25, 0.3) is 0 Å². The third-order valence-electron chi connectivity index (χ3n) is 1.88. The van der Waals surface area contributed by atoms with Crippen molar-refractivity contribution in [2.45, 2.75) is 41.0 Å². The van der Waals surface area contributed by atoms with Crippen LogP contribution >= 0.6 is 0 Å². The maximum absolute atomic E-state index is 3.15. The van der Waals surface area contributed by atoms with E-state index in [1.807, 2.05) is 0 Å². The molecule has 0 nitrogen and oxygen atoms in total. The topological polar surface area (TPSA) is 0 Å². The van der Waals surface area contributed by atoms with Gasteiger partial charge in [0.2, 0.25) is 0 Å². The molecule has 0 saturated carbocycles. The summed E-state index contributed by atoms with van der Waals surface area (Å²) < 4.78 is 0. The van der Waals surface area contributed by atoms with Crippen LogP contribution in [0.1, 0.15) is 41.0 Å². The molecule has 0 aromatic rings. The Bertz CT molecular complexity index is 559. The monoisotopic (exact) mass is 234 g/mol. The third-order valence-corrected chi connectivity index (χ3v) is 1.88. The van der Waals surface area contributed by atoms with Gasteiger partial charge in [-0.3, -0.25) is 0 Å². The predicted octanol–water partition coefficient (Wildman–Crippen LogP) is 3.10. The molecular weight excluding hydrogens is 216 g/mol. The van der Waals surface area contributed by atoms with Crippen molar-refractivity contribution in [2.24, 2.45) is 11.3 Å². The normalized spacial score (nSPS) is 7.89. The first-order chi connectivity index (χ1) is 8.48. The van der Waals surface area contributed by atoms with E-state index >= 15 is 0 Å². The number of hydrogen-bond acceptors (Lipinski definition) is 0. The molecule has 0 saturated heterocycles. The molecule has 0 unspecified atom stereocenters. The summed E-state index contributed by atoms with van der Waals surface area (Å²) in [6, 6.07) is 0. The zero-order valence-corrected chi connectivity index (χ0v) is 11.8. The standard InChI is InChI=1S/C18H18/c1-6-7-8-9-10-11-12-13-14-15-18(4,5)16-17(2)3/h17H,16H2,1-5H3. The Kier molecular flexibility index (Phi) is 7.81. The van der Waals surface area contributed by atoms with Gasteiger partial charge in [-0.1, -0.05) is 25.7 Å². The maximum Gasteiger partial charge on any atom is 0.0271 e. The third kappa shape index (κ3) is 10.3. The van der Waals surface area contributed by atoms with E-state index in [2.05, 4.69) is 86.9 Å². The lowest BCUT2D eigenvalue weighted by molar-refractivity contribution is 0.381. The molecule has 0 amide bonds. The van der Waals surface area contributed by atoms with Gasteiger partial charge in [0.05, 0.1) is 0 Å². The molecule has 0 rings (SSSR count). The SMILES string of the molecule is CC#CC#CC#CC#CC#CC(C)(C)CC(C)C. The first-order valence-corrected chi connectivity index (χ1v) is 5.92. The first kappa shape index (κ1) is 15.8. The summed E-state index contributed by atoms with van der Waals surface area (Å²) in [4.78, 5) is 0. The van der Waals surface area contributed by atoms with Crippen LogP contribution in [0.3, 0.4) is 0 Å². The Labute approximate surface area is 112 Å². The van der Waals surface area contributed by atoms with Crippen LogP contribution < -0.4 is 0 Å². The number of hydrogen-bond donors (Lipinski definition) is 0. The van der Waals surface area contributed by atoms with Crippen LogP contribution in [-0.2, 0) is 0 Å². The molecule has 0 aromatic heterocycles. The van der Waals surface area contributed by atoms with Crippen LogP contribution in [0.4, 0.5) is 0 Å². The average molecular weight is 234 g/mol. The van der Waals surface area contributed by atoms with Crippen LogP contribution in [0, 0.1) is 70.5 Å². The largest absolute Gasteiger partial charge is 0.0925 e. The molecule has 0 atom stereocenters. The second kappa shape index (κ2) is 8.90. The molecule has 90 valence electrons. The lowest BCUT2D eigenvalue weighted by atomic mass is 9.85. The van der Waals surface area contributed by atoms with E-state index in [0.717, 1.165) is 6.42 Å². The van der Waals surface area contributed by atoms with Gasteiger partial charge in [0.25, 0.3) is 0 Å². The molecule has 0 heteroatoms. The molecule has 0 bridgehead atoms. The summed E-state index contributed by atoms with van der Waals surface area (Å²) in [5.41, 5.74) is 0.00674. The summed E-state index contributed by atoms with van der Waals surface area (Å²) in [5.74, 6) is 27.6. The molecule has 0 aliphatic heterocycles. The van der Waals surface area contributed by atoms with Crippen LogP contribution in [0.15, 0.2) is 0 Å². The van der Waals surface area contributed by atoms with Crippen LogP contribution in [0.2, 0.25) is 0 Å². The van der Waals surface area contributed by atoms with Crippen LogP contribution in [-0.4, -0.2) is 0 Å². The van der Waals surface area contributed by atoms with E-state index in [1.165, 1.54) is 0 Å². The molecule has 0 aliphatic rings. The van der Waals surface area contributed by atoms with Crippen molar-refractivity contribution in [3.8, 4) is 59.2 Å². The highest BCUT2D eigenvalue weighted by Gasteiger charge is 2.15. The molecule has 0 aromatic carbocycles. The Hall–Kier alpha value is -2.20. The Balaban J connectivity index is 4.43. The fourth-order valence-corrected chi connectivity index (χ4v) is 1.52. The van der Waals surface area contributed by atoms with E-state index in [0.29, 0.717) is 5.92 Å². The fourth-order valence-electron chi connectivity index (χ4n) is 1.52. The zero-order valence-electron chi connectivity index (χ0n) is 11.8. The summed E-state index contributed by atoms with van der Waals surface area (Å²) >= 11 is 0. The smallest absolute Gasteiger partial charge is 0.0271 e. The lowest BCUT2D eigenvalue weighted by Crippen LogP contribution is -2.11. The van der Waals surface area contributed by atoms with Crippen molar-refractivity contribution in [2.75, 3.05) is 0 Å². The molecule has 0 spiro atoms. The van der Waals surface area contributed by atoms with Gasteiger partial charge < -0.3 is 0 Å². The Morgan fingerprint density at radius 2 is 1.22 bits per heavy atom. The zero-order chi connectivity index (χ0) is 13.9. The van der Waals surface area contributed by atoms with Gasteiger partial charge in [0.15, 0.2) is 0 Å². The average Bonchev–Trinajstić information content (AvgIpc) is 2.25. The lowest BCUT2D eigenvalue weighted by Gasteiger charge is -2.19. The highest BCUT2D eigenvalue weighted by atomic mass is 14.2. The highest BCUT2D eigenvalue weighted by molar-refractivity contribution is 5.42. The molecule has 0 aliphatic carbocycles. The summed E-state index contributed by atoms with van der Waals surface area (Å²) in [5, 5.41) is 0. The van der Waals surface area contributed by atoms with Gasteiger partial charge in [-0.25, -0.2) is 0 Å². The van der Waals surface area contributed by atoms with Crippen molar-refractivity contribution in [1.82, 2.24) is 0 Å². The second-order valence-electron chi connectivity index (χ2n) is 4.86. The van der Waals surface area contributed by atoms with E-state index in [4.69, 9.17) is 0 Å². The van der Waals surface area contributed by atoms with E-state index in [-0.39, 0.29) is 5.41 Å². The van der Waals surface area contributed by atoms with Crippen LogP contribution in [0.5, 0.6) is 0 Å². The molecule has 0 radical (unpaired) electrons. The van der Waals surface area contributed by atoms with E-state index < -0.39 is 0 Å². The van der Waals surface area contributed by atoms with Crippen molar-refractivity contribution >= 4 is 0 Å². The first-order valence-electron chi connectivity index (χ1n) is 5.92. The molecular formula is C18H18. The van der Waals surface area contributed by atoms with Gasteiger partial charge in [0, 0.05) is 5.41 Å². The molecule has 0 N–H and O–H groups in total. The van der Waals surface area contributed by atoms with Gasteiger partial charge in [-0.2, -0.15) is 0 Å². The van der Waals surface area contributed by atoms with Gasteiger partial charge in [0.1, 0.15) is 0 Å². The van der Waals surface area contributed by atoms with Gasteiger partial charge >= 0.3 is 0 Å². The van der Waals surface area contributed by atoms with Gasteiger partial charge in [-0.15, -0.1) is 0 Å². The van der Waals surface area contributed by atoms with E-state index in [1.54, 1.807) is 6.92 Å². The van der Waals surface area contributed by atoms with E-state index in [9.17, 15) is 0 Å². The Morgan fingerprint density at radius 3 is 1.67 bits per heavy atom. The highest BCUT2D eigenvalue weighted by Crippen LogP contribution is 2.23.